The topological polar surface area (TPSA) is 33.5 Å². The minimum Gasteiger partial charge on any atom is -0.509 e. The third-order valence-corrected chi connectivity index (χ3v) is 13.4. The molecule has 0 N–H and O–H groups in total. The number of benzene rings is 7. The van der Waals surface area contributed by atoms with Crippen LogP contribution < -0.4 is 14.5 Å². The van der Waals surface area contributed by atoms with Crippen molar-refractivity contribution in [3.8, 4) is 39.6 Å². The largest absolute Gasteiger partial charge is 0.509 e. The van der Waals surface area contributed by atoms with Crippen LogP contribution in [0.4, 0.5) is 22.7 Å². The molecule has 0 atom stereocenters. The predicted octanol–water partition coefficient (Wildman–Crippen LogP) is 16.1. The quantitative estimate of drug-likeness (QED) is 0.149. The number of ether oxygens (including phenoxy) is 1. The number of hydrogen-bond donors (Lipinski definition) is 0. The number of hydrogen-bond acceptors (Lipinski definition) is 5. The van der Waals surface area contributed by atoms with Crippen molar-refractivity contribution in [2.45, 2.75) is 52.4 Å². The van der Waals surface area contributed by atoms with Crippen LogP contribution in [0.3, 0.4) is 0 Å². The monoisotopic (exact) mass is 1040 g/mol. The first-order chi connectivity index (χ1) is 31.0. The van der Waals surface area contributed by atoms with Crippen LogP contribution in [-0.2, 0) is 31.9 Å². The Kier molecular flexibility index (Phi) is 10.8. The fourth-order valence-electron chi connectivity index (χ4n) is 8.91. The number of fused-ring (bicyclic) bond motifs is 6. The number of rotatable bonds is 7. The van der Waals surface area contributed by atoms with Crippen LogP contribution in [0.25, 0.3) is 59.3 Å². The third-order valence-electron chi connectivity index (χ3n) is 12.3. The predicted molar refractivity (Wildman–Crippen MR) is 268 cm³/mol. The Morgan fingerprint density at radius 1 is 0.569 bits per heavy atom. The molecule has 324 valence electrons. The summed E-state index contributed by atoms with van der Waals surface area (Å²) >= 11 is 1.81. The van der Waals surface area contributed by atoms with E-state index in [9.17, 15) is 0 Å². The first kappa shape index (κ1) is 42.5. The van der Waals surface area contributed by atoms with E-state index in [1.807, 2.05) is 35.7 Å². The Morgan fingerprint density at radius 2 is 1.18 bits per heavy atom. The first-order valence-corrected chi connectivity index (χ1v) is 22.7. The van der Waals surface area contributed by atoms with Gasteiger partial charge < -0.3 is 19.1 Å². The molecule has 3 aromatic heterocycles. The van der Waals surface area contributed by atoms with Gasteiger partial charge in [0.15, 0.2) is 0 Å². The zero-order valence-corrected chi connectivity index (χ0v) is 40.3. The van der Waals surface area contributed by atoms with Crippen LogP contribution in [0, 0.1) is 18.8 Å². The van der Waals surface area contributed by atoms with Crippen molar-refractivity contribution >= 4 is 65.3 Å². The maximum absolute atomic E-state index is 6.72. The van der Waals surface area contributed by atoms with Gasteiger partial charge in [0.1, 0.15) is 5.82 Å². The minimum atomic E-state index is -0.0661. The fourth-order valence-corrected chi connectivity index (χ4v) is 10.1. The zero-order valence-electron chi connectivity index (χ0n) is 37.2. The van der Waals surface area contributed by atoms with Crippen LogP contribution in [0.2, 0.25) is 0 Å². The van der Waals surface area contributed by atoms with Crippen LogP contribution in [0.5, 0.6) is 11.5 Å². The summed E-state index contributed by atoms with van der Waals surface area (Å²) in [5, 5.41) is 2.32. The second-order valence-corrected chi connectivity index (χ2v) is 19.6. The zero-order chi connectivity index (χ0) is 43.7. The molecule has 11 rings (SSSR count). The van der Waals surface area contributed by atoms with Crippen molar-refractivity contribution < 1.29 is 25.8 Å². The molecule has 1 aliphatic heterocycles. The van der Waals surface area contributed by atoms with Gasteiger partial charge in [-0.05, 0) is 75.5 Å². The van der Waals surface area contributed by atoms with Gasteiger partial charge in [-0.1, -0.05) is 143 Å². The van der Waals surface area contributed by atoms with Gasteiger partial charge in [0.05, 0.1) is 5.52 Å². The molecular formula is C58H47N4OPtS-3. The van der Waals surface area contributed by atoms with Crippen molar-refractivity contribution in [1.82, 2.24) is 9.55 Å². The molecule has 4 heterocycles. The van der Waals surface area contributed by atoms with Gasteiger partial charge in [0.2, 0.25) is 0 Å². The number of para-hydroxylation sites is 2. The summed E-state index contributed by atoms with van der Waals surface area (Å²) in [6.45, 7) is 15.8. The van der Waals surface area contributed by atoms with Crippen molar-refractivity contribution in [3.05, 3.63) is 200 Å². The fraction of sp³-hybridized carbons (Fsp3) is 0.138. The summed E-state index contributed by atoms with van der Waals surface area (Å²) in [5.74, 6) is 2.07. The summed E-state index contributed by atoms with van der Waals surface area (Å²) in [7, 11) is 0. The van der Waals surface area contributed by atoms with E-state index >= 15 is 0 Å². The van der Waals surface area contributed by atoms with Crippen LogP contribution in [0.1, 0.15) is 52.7 Å². The van der Waals surface area contributed by atoms with Crippen molar-refractivity contribution in [1.29, 1.82) is 0 Å². The average Bonchev–Trinajstić information content (AvgIpc) is 3.98. The maximum atomic E-state index is 6.72. The number of nitrogens with zero attached hydrogens (tertiary/aromatic N) is 4. The summed E-state index contributed by atoms with van der Waals surface area (Å²) in [6, 6.07) is 65.4. The van der Waals surface area contributed by atoms with Crippen molar-refractivity contribution in [3.63, 3.8) is 0 Å². The standard InChI is InChI=1S/C58H47N4OS.Pt/c1-57(2,3)40-30-31-59-53(34-40)62-51-36-44(28-29-45(51)56-55(62)46-24-13-16-27-52(46)64-56)63-43-23-17-22-42(35-43)60-37-61(50-26-15-14-25-49(50)60)54-47(38-18-9-7-10-19-38)32-41(58(4,5)6)33-48(54)39-20-11-8-12-21-39;/h7-34,37H,1-6H3;/q-3;. The van der Waals surface area contributed by atoms with E-state index in [0.29, 0.717) is 11.5 Å². The molecule has 10 aromatic rings. The molecule has 0 amide bonds. The molecule has 5 nitrogen and oxygen atoms in total. The van der Waals surface area contributed by atoms with Gasteiger partial charge in [0.25, 0.3) is 0 Å². The molecule has 7 heteroatoms. The van der Waals surface area contributed by atoms with E-state index in [0.717, 1.165) is 56.1 Å². The van der Waals surface area contributed by atoms with Crippen molar-refractivity contribution in [2.75, 3.05) is 9.80 Å². The SMILES string of the molecule is CC(C)(C)c1ccnc(-n2c3[c-]c(Oc4[c-]c(N5[CH-]N(c6c(-c7ccccc7)cc(C(C)(C)C)cc6-c6ccccc6)c6ccccc65)ccc4)ccc3c3sc4ccccc4c32)c1.[Pt]. The van der Waals surface area contributed by atoms with E-state index in [-0.39, 0.29) is 31.9 Å². The smallest absolute Gasteiger partial charge is 0.135 e. The van der Waals surface area contributed by atoms with Crippen LogP contribution >= 0.6 is 11.3 Å². The average molecular weight is 1040 g/mol. The van der Waals surface area contributed by atoms with Crippen LogP contribution in [-0.4, -0.2) is 9.55 Å². The third kappa shape index (κ3) is 7.63. The Hall–Kier alpha value is -6.46. The molecule has 0 saturated heterocycles. The minimum absolute atomic E-state index is 0. The first-order valence-electron chi connectivity index (χ1n) is 21.9. The number of anilines is 4. The normalized spacial score (nSPS) is 12.8. The molecule has 1 aliphatic rings. The molecule has 65 heavy (non-hydrogen) atoms. The summed E-state index contributed by atoms with van der Waals surface area (Å²) in [5.41, 5.74) is 13.3. The van der Waals surface area contributed by atoms with E-state index in [1.165, 1.54) is 37.0 Å². The van der Waals surface area contributed by atoms with Crippen LogP contribution in [0.15, 0.2) is 170 Å². The van der Waals surface area contributed by atoms with E-state index in [2.05, 4.69) is 220 Å². The molecule has 0 radical (unpaired) electrons. The van der Waals surface area contributed by atoms with Gasteiger partial charge >= 0.3 is 0 Å². The Bertz CT molecular complexity index is 3320. The Labute approximate surface area is 399 Å². The molecule has 0 fully saturated rings. The van der Waals surface area contributed by atoms with Gasteiger partial charge in [-0.15, -0.1) is 54.0 Å². The van der Waals surface area contributed by atoms with Gasteiger partial charge in [-0.25, -0.2) is 4.98 Å². The van der Waals surface area contributed by atoms with Gasteiger partial charge in [0, 0.05) is 81.7 Å². The molecule has 7 aromatic carbocycles. The maximum Gasteiger partial charge on any atom is 0.135 e. The van der Waals surface area contributed by atoms with E-state index in [1.54, 1.807) is 0 Å². The molecular weight excluding hydrogens is 996 g/mol. The van der Waals surface area contributed by atoms with E-state index < -0.39 is 0 Å². The molecule has 0 saturated carbocycles. The van der Waals surface area contributed by atoms with Gasteiger partial charge in [-0.3, -0.25) is 0 Å². The van der Waals surface area contributed by atoms with E-state index in [4.69, 9.17) is 9.72 Å². The Morgan fingerprint density at radius 3 is 1.86 bits per heavy atom. The van der Waals surface area contributed by atoms with Crippen molar-refractivity contribution in [2.24, 2.45) is 0 Å². The second kappa shape index (κ2) is 16.5. The van der Waals surface area contributed by atoms with Gasteiger partial charge in [-0.2, -0.15) is 12.1 Å². The number of thiophene rings is 1. The molecule has 0 spiro atoms. The summed E-state index contributed by atoms with van der Waals surface area (Å²) in [6.07, 6.45) is 1.92. The summed E-state index contributed by atoms with van der Waals surface area (Å²) in [4.78, 5) is 9.51. The molecule has 0 bridgehead atoms. The number of pyridine rings is 1. The molecule has 0 aliphatic carbocycles. The molecule has 0 unspecified atom stereocenters. The second-order valence-electron chi connectivity index (χ2n) is 18.6. The Balaban J connectivity index is 0.00000498. The number of aromatic nitrogens is 2. The summed E-state index contributed by atoms with van der Waals surface area (Å²) < 4.78 is 11.4.